The highest BCUT2D eigenvalue weighted by Crippen LogP contribution is 2.45. The molecule has 0 bridgehead atoms. The summed E-state index contributed by atoms with van der Waals surface area (Å²) in [5, 5.41) is 10.5. The van der Waals surface area contributed by atoms with Gasteiger partial charge in [0.25, 0.3) is 0 Å². The van der Waals surface area contributed by atoms with E-state index >= 15 is 0 Å². The van der Waals surface area contributed by atoms with Crippen molar-refractivity contribution in [2.24, 2.45) is 29.1 Å². The molecular formula is C31H43BO6. The van der Waals surface area contributed by atoms with E-state index in [0.29, 0.717) is 30.1 Å². The summed E-state index contributed by atoms with van der Waals surface area (Å²) in [5.74, 6) is 0.652. The van der Waals surface area contributed by atoms with Gasteiger partial charge in [0.1, 0.15) is 12.2 Å². The minimum absolute atomic E-state index is 0.127. The molecule has 4 rings (SSSR count). The summed E-state index contributed by atoms with van der Waals surface area (Å²) >= 11 is 0. The molecule has 0 spiro atoms. The smallest absolute Gasteiger partial charge is 0.462 e. The number of carbonyl (C=O) groups is 2. The fraction of sp³-hybridized carbons (Fsp3) is 0.613. The van der Waals surface area contributed by atoms with Crippen LogP contribution in [0.4, 0.5) is 0 Å². The van der Waals surface area contributed by atoms with Gasteiger partial charge in [0.2, 0.25) is 0 Å². The van der Waals surface area contributed by atoms with E-state index < -0.39 is 18.6 Å². The molecule has 1 heterocycles. The number of allylic oxidation sites excluding steroid dienone is 3. The third-order valence-electron chi connectivity index (χ3n) is 8.74. The molecule has 1 fully saturated rings. The predicted molar refractivity (Wildman–Crippen MR) is 148 cm³/mol. The minimum Gasteiger partial charge on any atom is -0.462 e. The lowest BCUT2D eigenvalue weighted by Crippen LogP contribution is -2.44. The van der Waals surface area contributed by atoms with Crippen LogP contribution in [0.3, 0.4) is 0 Å². The zero-order chi connectivity index (χ0) is 27.4. The van der Waals surface area contributed by atoms with E-state index in [4.69, 9.17) is 14.1 Å². The van der Waals surface area contributed by atoms with Gasteiger partial charge in [0.05, 0.1) is 17.9 Å². The van der Waals surface area contributed by atoms with Gasteiger partial charge in [0, 0.05) is 12.3 Å². The topological polar surface area (TPSA) is 82.1 Å². The molecule has 2 aliphatic carbocycles. The fourth-order valence-electron chi connectivity index (χ4n) is 6.04. The van der Waals surface area contributed by atoms with Crippen LogP contribution in [0.25, 0.3) is 0 Å². The molecule has 1 aromatic carbocycles. The fourth-order valence-corrected chi connectivity index (χ4v) is 6.04. The molecule has 1 saturated heterocycles. The molecule has 7 heteroatoms. The first-order chi connectivity index (χ1) is 18.1. The normalized spacial score (nSPS) is 31.2. The largest absolute Gasteiger partial charge is 0.491 e. The summed E-state index contributed by atoms with van der Waals surface area (Å²) in [6, 6.07) is 9.20. The van der Waals surface area contributed by atoms with Crippen molar-refractivity contribution in [1.82, 2.24) is 0 Å². The number of hydrogen-bond acceptors (Lipinski definition) is 6. The molecule has 7 atom stereocenters. The van der Waals surface area contributed by atoms with E-state index in [1.165, 1.54) is 5.57 Å². The van der Waals surface area contributed by atoms with Gasteiger partial charge in [-0.15, -0.1) is 0 Å². The van der Waals surface area contributed by atoms with Crippen molar-refractivity contribution >= 4 is 24.5 Å². The van der Waals surface area contributed by atoms with Gasteiger partial charge in [0.15, 0.2) is 0 Å². The second kappa shape index (κ2) is 12.2. The summed E-state index contributed by atoms with van der Waals surface area (Å²) < 4.78 is 17.8. The maximum Gasteiger partial charge on any atom is 0.491 e. The molecule has 6 nitrogen and oxygen atoms in total. The zero-order valence-electron chi connectivity index (χ0n) is 23.5. The summed E-state index contributed by atoms with van der Waals surface area (Å²) in [7, 11) is -1.07. The van der Waals surface area contributed by atoms with E-state index in [0.717, 1.165) is 19.3 Å². The number of fused-ring (bicyclic) bond motifs is 1. The number of cyclic esters (lactones) is 1. The highest BCUT2D eigenvalue weighted by molar-refractivity contribution is 6.60. The maximum absolute atomic E-state index is 13.0. The van der Waals surface area contributed by atoms with Crippen LogP contribution < -0.4 is 5.46 Å². The van der Waals surface area contributed by atoms with Crippen LogP contribution in [0.15, 0.2) is 54.1 Å². The Morgan fingerprint density at radius 1 is 1.16 bits per heavy atom. The van der Waals surface area contributed by atoms with Crippen LogP contribution in [0, 0.1) is 29.1 Å². The lowest BCUT2D eigenvalue weighted by molar-refractivity contribution is -0.165. The van der Waals surface area contributed by atoms with Crippen molar-refractivity contribution in [3.63, 3.8) is 0 Å². The molecular weight excluding hydrogens is 479 g/mol. The first-order valence-corrected chi connectivity index (χ1v) is 14.3. The van der Waals surface area contributed by atoms with E-state index in [-0.39, 0.29) is 42.4 Å². The molecule has 0 unspecified atom stereocenters. The summed E-state index contributed by atoms with van der Waals surface area (Å²) in [4.78, 5) is 25.5. The van der Waals surface area contributed by atoms with Gasteiger partial charge in [-0.05, 0) is 68.3 Å². The van der Waals surface area contributed by atoms with Crippen LogP contribution in [0.2, 0.25) is 0 Å². The Morgan fingerprint density at radius 3 is 2.61 bits per heavy atom. The summed E-state index contributed by atoms with van der Waals surface area (Å²) in [5.41, 5.74) is 1.42. The Labute approximate surface area is 228 Å². The first kappa shape index (κ1) is 28.6. The number of rotatable bonds is 9. The summed E-state index contributed by atoms with van der Waals surface area (Å²) in [6.45, 7) is 10.3. The second-order valence-electron chi connectivity index (χ2n) is 12.1. The minimum atomic E-state index is -1.07. The lowest BCUT2D eigenvalue weighted by Gasteiger charge is -2.44. The van der Waals surface area contributed by atoms with Gasteiger partial charge in [-0.1, -0.05) is 69.3 Å². The Hall–Kier alpha value is -2.38. The molecule has 0 radical (unpaired) electrons. The SMILES string of the molecule is CCC(C)(C)C(=O)O[C@@H]1C[C@H](C)C=C2C=C[C@@H](C)[C@@H](CC[C@@H]3C[C@H](OB(O)c4ccccc4)CC(=O)O3)[C@@H]21. The number of benzene rings is 1. The standard InChI is InChI=1S/C31H43BO6/c1-6-31(4,5)30(34)37-27-17-20(2)16-22-13-12-21(3)26(29(22)27)15-14-24-18-25(19-28(33)36-24)38-32(35)23-10-8-7-9-11-23/h7-13,16,20-21,24-27,29,35H,6,14-15,17-19H2,1-5H3/t20-,21-,24-,25+,26-,27-,29-/m1/s1. The van der Waals surface area contributed by atoms with Gasteiger partial charge >= 0.3 is 19.1 Å². The van der Waals surface area contributed by atoms with Crippen molar-refractivity contribution < 1.29 is 28.7 Å². The van der Waals surface area contributed by atoms with Crippen LogP contribution in [-0.2, 0) is 23.7 Å². The van der Waals surface area contributed by atoms with Crippen LogP contribution in [0.1, 0.15) is 73.1 Å². The number of hydrogen-bond donors (Lipinski definition) is 1. The van der Waals surface area contributed by atoms with Crippen molar-refractivity contribution in [3.8, 4) is 0 Å². The average molecular weight is 522 g/mol. The van der Waals surface area contributed by atoms with Gasteiger partial charge in [-0.3, -0.25) is 9.59 Å². The summed E-state index contributed by atoms with van der Waals surface area (Å²) in [6.07, 6.45) is 9.78. The van der Waals surface area contributed by atoms with Crippen LogP contribution in [-0.4, -0.2) is 42.4 Å². The Bertz CT molecular complexity index is 1030. The van der Waals surface area contributed by atoms with Crippen molar-refractivity contribution in [3.05, 3.63) is 54.1 Å². The van der Waals surface area contributed by atoms with Gasteiger partial charge in [-0.25, -0.2) is 0 Å². The van der Waals surface area contributed by atoms with Crippen molar-refractivity contribution in [1.29, 1.82) is 0 Å². The highest BCUT2D eigenvalue weighted by Gasteiger charge is 2.43. The van der Waals surface area contributed by atoms with Crippen LogP contribution in [0.5, 0.6) is 0 Å². The molecule has 38 heavy (non-hydrogen) atoms. The maximum atomic E-state index is 13.0. The second-order valence-corrected chi connectivity index (χ2v) is 12.1. The molecule has 1 N–H and O–H groups in total. The monoisotopic (exact) mass is 522 g/mol. The molecule has 0 saturated carbocycles. The quantitative estimate of drug-likeness (QED) is 0.363. The molecule has 0 aromatic heterocycles. The van der Waals surface area contributed by atoms with E-state index in [2.05, 4.69) is 32.1 Å². The number of esters is 2. The van der Waals surface area contributed by atoms with Crippen molar-refractivity contribution in [2.75, 3.05) is 0 Å². The molecule has 206 valence electrons. The molecule has 3 aliphatic rings. The van der Waals surface area contributed by atoms with E-state index in [1.54, 1.807) is 0 Å². The van der Waals surface area contributed by atoms with Gasteiger partial charge in [-0.2, -0.15) is 0 Å². The number of ether oxygens (including phenoxy) is 2. The Morgan fingerprint density at radius 2 is 1.89 bits per heavy atom. The third-order valence-corrected chi connectivity index (χ3v) is 8.74. The zero-order valence-corrected chi connectivity index (χ0v) is 23.5. The van der Waals surface area contributed by atoms with Crippen LogP contribution >= 0.6 is 0 Å². The Kier molecular flexibility index (Phi) is 9.20. The lowest BCUT2D eigenvalue weighted by atomic mass is 9.65. The third kappa shape index (κ3) is 6.79. The molecule has 0 amide bonds. The van der Waals surface area contributed by atoms with E-state index in [1.807, 2.05) is 51.1 Å². The first-order valence-electron chi connectivity index (χ1n) is 14.3. The number of carbonyl (C=O) groups excluding carboxylic acids is 2. The molecule has 1 aliphatic heterocycles. The molecule has 1 aromatic rings. The van der Waals surface area contributed by atoms with E-state index in [9.17, 15) is 14.6 Å². The average Bonchev–Trinajstić information content (AvgIpc) is 2.88. The highest BCUT2D eigenvalue weighted by atomic mass is 16.6. The van der Waals surface area contributed by atoms with Crippen molar-refractivity contribution in [2.45, 2.75) is 91.5 Å². The predicted octanol–water partition coefficient (Wildman–Crippen LogP) is 5.00. The Balaban J connectivity index is 1.43. The van der Waals surface area contributed by atoms with Gasteiger partial charge < -0.3 is 19.2 Å².